The number of hydrogen-bond donors (Lipinski definition) is 2. The summed E-state index contributed by atoms with van der Waals surface area (Å²) in [5.41, 5.74) is 2.45. The van der Waals surface area contributed by atoms with Crippen molar-refractivity contribution in [3.63, 3.8) is 0 Å². The first-order valence-corrected chi connectivity index (χ1v) is 10.5. The summed E-state index contributed by atoms with van der Waals surface area (Å²) in [6, 6.07) is 17.7. The molecule has 2 N–H and O–H groups in total. The molecule has 2 aromatic carbocycles. The van der Waals surface area contributed by atoms with Gasteiger partial charge in [-0.1, -0.05) is 46.3 Å². The average molecular weight is 471 g/mol. The Kier molecular flexibility index (Phi) is 5.52. The van der Waals surface area contributed by atoms with Crippen molar-refractivity contribution < 1.29 is 4.79 Å². The lowest BCUT2D eigenvalue weighted by Crippen LogP contribution is -2.16. The van der Waals surface area contributed by atoms with Crippen LogP contribution in [-0.2, 0) is 6.42 Å². The zero-order chi connectivity index (χ0) is 19.5. The Hall–Kier alpha value is -2.55. The Morgan fingerprint density at radius 3 is 2.68 bits per heavy atom. The number of carbonyl (C=O) groups excluding carboxylic acids is 1. The molecule has 4 aromatic rings. The number of aromatic amines is 1. The van der Waals surface area contributed by atoms with Gasteiger partial charge >= 0.3 is 0 Å². The fourth-order valence-electron chi connectivity index (χ4n) is 2.78. The van der Waals surface area contributed by atoms with Gasteiger partial charge in [0, 0.05) is 33.9 Å². The summed E-state index contributed by atoms with van der Waals surface area (Å²) in [5.74, 6) is -0.263. The van der Waals surface area contributed by atoms with Crippen LogP contribution in [0, 0.1) is 4.77 Å². The number of para-hydroxylation sites is 1. The molecule has 1 amide bonds. The molecule has 2 aromatic heterocycles. The third kappa shape index (κ3) is 4.14. The van der Waals surface area contributed by atoms with Crippen LogP contribution in [0.3, 0.4) is 0 Å². The molecule has 0 spiro atoms. The first kappa shape index (κ1) is 18.8. The lowest BCUT2D eigenvalue weighted by molar-refractivity contribution is 0.102. The quantitative estimate of drug-likeness (QED) is 0.373. The van der Waals surface area contributed by atoms with Crippen molar-refractivity contribution in [2.24, 2.45) is 0 Å². The van der Waals surface area contributed by atoms with Crippen LogP contribution >= 0.6 is 39.5 Å². The van der Waals surface area contributed by atoms with Crippen molar-refractivity contribution >= 4 is 50.5 Å². The molecule has 0 bridgehead atoms. The van der Waals surface area contributed by atoms with Gasteiger partial charge in [-0.2, -0.15) is 0 Å². The fourth-order valence-corrected chi connectivity index (χ4v) is 4.15. The van der Waals surface area contributed by atoms with Crippen molar-refractivity contribution in [1.29, 1.82) is 0 Å². The monoisotopic (exact) mass is 470 g/mol. The molecule has 28 heavy (non-hydrogen) atoms. The Labute approximate surface area is 179 Å². The topological polar surface area (TPSA) is 62.7 Å². The van der Waals surface area contributed by atoms with Crippen LogP contribution in [0.15, 0.2) is 71.5 Å². The summed E-state index contributed by atoms with van der Waals surface area (Å²) in [6.45, 7) is 0. The van der Waals surface area contributed by atoms with Gasteiger partial charge in [0.15, 0.2) is 9.90 Å². The van der Waals surface area contributed by atoms with Gasteiger partial charge < -0.3 is 4.98 Å². The number of nitrogens with one attached hydrogen (secondary N) is 2. The molecule has 2 heterocycles. The highest BCUT2D eigenvalue weighted by Crippen LogP contribution is 2.23. The van der Waals surface area contributed by atoms with Crippen LogP contribution in [-0.4, -0.2) is 20.4 Å². The van der Waals surface area contributed by atoms with Crippen LogP contribution in [0.5, 0.6) is 0 Å². The summed E-state index contributed by atoms with van der Waals surface area (Å²) in [6.07, 6.45) is 4.18. The Morgan fingerprint density at radius 2 is 1.93 bits per heavy atom. The van der Waals surface area contributed by atoms with Crippen molar-refractivity contribution in [3.05, 3.63) is 92.4 Å². The fraction of sp³-hybridized carbons (Fsp3) is 0.0500. The van der Waals surface area contributed by atoms with E-state index in [1.165, 1.54) is 16.9 Å². The molecule has 0 fully saturated rings. The van der Waals surface area contributed by atoms with E-state index in [0.29, 0.717) is 15.6 Å². The number of halogens is 1. The largest absolute Gasteiger partial charge is 0.336 e. The van der Waals surface area contributed by atoms with Crippen LogP contribution in [0.1, 0.15) is 20.9 Å². The predicted octanol–water partition coefficient (Wildman–Crippen LogP) is 5.60. The highest BCUT2D eigenvalue weighted by atomic mass is 79.9. The van der Waals surface area contributed by atoms with Crippen LogP contribution in [0.2, 0.25) is 0 Å². The van der Waals surface area contributed by atoms with E-state index >= 15 is 0 Å². The van der Waals surface area contributed by atoms with Gasteiger partial charge in [0.05, 0.1) is 0 Å². The molecule has 8 heteroatoms. The van der Waals surface area contributed by atoms with E-state index in [4.69, 9.17) is 12.2 Å². The SMILES string of the molecule is O=C(Nc1ncc(Cc2ccc(Br)cc2)s1)c1c[nH]c(=S)n1-c1ccccc1. The number of imidazole rings is 1. The van der Waals surface area contributed by atoms with Crippen LogP contribution in [0.25, 0.3) is 5.69 Å². The van der Waals surface area contributed by atoms with E-state index in [2.05, 4.69) is 43.3 Å². The third-order valence-corrected chi connectivity index (χ3v) is 5.83. The molecule has 0 saturated carbocycles. The molecule has 0 aliphatic rings. The van der Waals surface area contributed by atoms with Crippen molar-refractivity contribution in [2.45, 2.75) is 6.42 Å². The average Bonchev–Trinajstić information content (AvgIpc) is 3.30. The molecule has 0 unspecified atom stereocenters. The molecule has 0 atom stereocenters. The number of anilines is 1. The van der Waals surface area contributed by atoms with Gasteiger partial charge in [0.25, 0.3) is 5.91 Å². The van der Waals surface area contributed by atoms with Crippen LogP contribution < -0.4 is 5.32 Å². The smallest absolute Gasteiger partial charge is 0.276 e. The van der Waals surface area contributed by atoms with E-state index in [-0.39, 0.29) is 5.91 Å². The Morgan fingerprint density at radius 1 is 1.18 bits per heavy atom. The second-order valence-corrected chi connectivity index (χ2v) is 8.46. The zero-order valence-electron chi connectivity index (χ0n) is 14.6. The minimum atomic E-state index is -0.263. The maximum Gasteiger partial charge on any atom is 0.276 e. The summed E-state index contributed by atoms with van der Waals surface area (Å²) in [4.78, 5) is 21.1. The zero-order valence-corrected chi connectivity index (χ0v) is 17.8. The Balaban J connectivity index is 1.52. The number of rotatable bonds is 5. The number of thiazole rings is 1. The third-order valence-electron chi connectivity index (χ3n) is 4.09. The van der Waals surface area contributed by atoms with E-state index in [1.54, 1.807) is 17.0 Å². The number of hydrogen-bond acceptors (Lipinski definition) is 4. The summed E-state index contributed by atoms with van der Waals surface area (Å²) in [7, 11) is 0. The highest BCUT2D eigenvalue weighted by molar-refractivity contribution is 9.10. The van der Waals surface area contributed by atoms with E-state index in [1.807, 2.05) is 42.5 Å². The molecule has 0 saturated heterocycles. The second-order valence-electron chi connectivity index (χ2n) is 6.04. The number of amides is 1. The van der Waals surface area contributed by atoms with E-state index in [0.717, 1.165) is 21.5 Å². The molecule has 5 nitrogen and oxygen atoms in total. The van der Waals surface area contributed by atoms with Gasteiger partial charge in [-0.15, -0.1) is 11.3 Å². The van der Waals surface area contributed by atoms with Gasteiger partial charge in [-0.3, -0.25) is 14.7 Å². The molecule has 4 rings (SSSR count). The second kappa shape index (κ2) is 8.22. The first-order chi connectivity index (χ1) is 13.6. The molecular formula is C20H15BrN4OS2. The van der Waals surface area contributed by atoms with Gasteiger partial charge in [-0.25, -0.2) is 4.98 Å². The lowest BCUT2D eigenvalue weighted by Gasteiger charge is -2.07. The maximum absolute atomic E-state index is 12.8. The number of carbonyl (C=O) groups is 1. The van der Waals surface area contributed by atoms with Crippen LogP contribution in [0.4, 0.5) is 5.13 Å². The summed E-state index contributed by atoms with van der Waals surface area (Å²) >= 11 is 10.2. The van der Waals surface area contributed by atoms with Crippen molar-refractivity contribution in [1.82, 2.24) is 14.5 Å². The standard InChI is InChI=1S/C20H15BrN4OS2/c21-14-8-6-13(7-9-14)10-16-11-22-19(28-16)24-18(26)17-12-23-20(27)25(17)15-4-2-1-3-5-15/h1-9,11-12H,10H2,(H,23,27)(H,22,24,26). The molecule has 0 aliphatic carbocycles. The number of aromatic nitrogens is 3. The van der Waals surface area contributed by atoms with Crippen molar-refractivity contribution in [3.8, 4) is 5.69 Å². The summed E-state index contributed by atoms with van der Waals surface area (Å²) < 4.78 is 3.22. The van der Waals surface area contributed by atoms with Crippen molar-refractivity contribution in [2.75, 3.05) is 5.32 Å². The molecule has 0 radical (unpaired) electrons. The molecular weight excluding hydrogens is 456 g/mol. The number of nitrogens with zero attached hydrogens (tertiary/aromatic N) is 2. The first-order valence-electron chi connectivity index (χ1n) is 8.46. The Bertz CT molecular complexity index is 1160. The maximum atomic E-state index is 12.8. The minimum absolute atomic E-state index is 0.263. The number of benzene rings is 2. The number of H-pyrrole nitrogens is 1. The van der Waals surface area contributed by atoms with E-state index < -0.39 is 0 Å². The van der Waals surface area contributed by atoms with Gasteiger partial charge in [0.1, 0.15) is 5.69 Å². The molecule has 140 valence electrons. The molecule has 0 aliphatic heterocycles. The minimum Gasteiger partial charge on any atom is -0.336 e. The summed E-state index contributed by atoms with van der Waals surface area (Å²) in [5, 5.41) is 3.43. The normalized spacial score (nSPS) is 10.8. The van der Waals surface area contributed by atoms with Gasteiger partial charge in [0.2, 0.25) is 0 Å². The predicted molar refractivity (Wildman–Crippen MR) is 118 cm³/mol. The van der Waals surface area contributed by atoms with E-state index in [9.17, 15) is 4.79 Å². The lowest BCUT2D eigenvalue weighted by atomic mass is 10.1. The van der Waals surface area contributed by atoms with Gasteiger partial charge in [-0.05, 0) is 42.0 Å². The highest BCUT2D eigenvalue weighted by Gasteiger charge is 2.16.